The summed E-state index contributed by atoms with van der Waals surface area (Å²) >= 11 is 0. The maximum Gasteiger partial charge on any atom is 0.160 e. The van der Waals surface area contributed by atoms with Crippen molar-refractivity contribution in [1.82, 2.24) is 14.9 Å². The molecule has 8 aromatic carbocycles. The number of hydrogen-bond donors (Lipinski definition) is 1. The van der Waals surface area contributed by atoms with Crippen LogP contribution in [0.5, 0.6) is 0 Å². The van der Waals surface area contributed by atoms with Gasteiger partial charge < -0.3 is 14.3 Å². The number of aromatic nitrogens is 2. The van der Waals surface area contributed by atoms with Gasteiger partial charge in [0.25, 0.3) is 0 Å². The van der Waals surface area contributed by atoms with Gasteiger partial charge in [0.1, 0.15) is 12.0 Å². The second-order valence-electron chi connectivity index (χ2n) is 14.8. The van der Waals surface area contributed by atoms with E-state index in [0.717, 1.165) is 83.1 Å². The van der Waals surface area contributed by atoms with Crippen molar-refractivity contribution in [3.8, 4) is 16.8 Å². The smallest absolute Gasteiger partial charge is 0.160 e. The van der Waals surface area contributed by atoms with Crippen molar-refractivity contribution >= 4 is 77.0 Å². The molecule has 1 aliphatic rings. The maximum atomic E-state index is 6.87. The summed E-state index contributed by atoms with van der Waals surface area (Å²) in [6.07, 6.45) is 3.38. The van der Waals surface area contributed by atoms with E-state index in [9.17, 15) is 0 Å². The van der Waals surface area contributed by atoms with E-state index in [1.165, 1.54) is 21.5 Å². The van der Waals surface area contributed by atoms with E-state index in [2.05, 4.69) is 167 Å². The lowest BCUT2D eigenvalue weighted by molar-refractivity contribution is 0.664. The quantitative estimate of drug-likeness (QED) is 0.191. The lowest BCUT2D eigenvalue weighted by Crippen LogP contribution is -2.33. The van der Waals surface area contributed by atoms with Crippen molar-refractivity contribution in [3.05, 3.63) is 205 Å². The predicted octanol–water partition coefficient (Wildman–Crippen LogP) is 12.5. The van der Waals surface area contributed by atoms with Gasteiger partial charge in [-0.05, 0) is 62.5 Å². The van der Waals surface area contributed by atoms with Gasteiger partial charge in [-0.2, -0.15) is 0 Å². The molecule has 6 heteroatoms. The molecule has 3 aromatic heterocycles. The summed E-state index contributed by atoms with van der Waals surface area (Å²) in [5.41, 5.74) is 10.1. The summed E-state index contributed by atoms with van der Waals surface area (Å²) in [7, 11) is 0. The molecule has 1 aliphatic heterocycles. The van der Waals surface area contributed by atoms with Crippen molar-refractivity contribution in [3.63, 3.8) is 0 Å². The van der Waals surface area contributed by atoms with E-state index >= 15 is 0 Å². The highest BCUT2D eigenvalue weighted by molar-refractivity contribution is 6.24. The number of hydrogen-bond acceptors (Lipinski definition) is 5. The van der Waals surface area contributed by atoms with Crippen LogP contribution in [0, 0.1) is 0 Å². The topological polar surface area (TPSA) is 67.7 Å². The summed E-state index contributed by atoms with van der Waals surface area (Å²) in [4.78, 5) is 14.7. The number of fused-ring (bicyclic) bond motifs is 9. The number of rotatable bonds is 5. The average Bonchev–Trinajstić information content (AvgIpc) is 3.86. The molecule has 0 fully saturated rings. The van der Waals surface area contributed by atoms with Crippen LogP contribution in [0.25, 0.3) is 82.1 Å². The molecule has 1 atom stereocenters. The van der Waals surface area contributed by atoms with Crippen molar-refractivity contribution in [2.45, 2.75) is 6.17 Å². The molecule has 12 rings (SSSR count). The molecule has 6 nitrogen and oxygen atoms in total. The highest BCUT2D eigenvalue weighted by Crippen LogP contribution is 2.45. The van der Waals surface area contributed by atoms with E-state index in [-0.39, 0.29) is 6.17 Å². The molecule has 0 amide bonds. The van der Waals surface area contributed by atoms with Crippen LogP contribution >= 0.6 is 0 Å². The number of aliphatic imine (C=N–C) groups is 2. The molecule has 0 spiro atoms. The molecule has 0 saturated heterocycles. The second kappa shape index (κ2) is 12.9. The Morgan fingerprint density at radius 2 is 1.21 bits per heavy atom. The van der Waals surface area contributed by atoms with Crippen LogP contribution in [0.4, 0.5) is 0 Å². The third-order valence-corrected chi connectivity index (χ3v) is 11.6. The molecule has 58 heavy (non-hydrogen) atoms. The molecule has 0 radical (unpaired) electrons. The molecule has 272 valence electrons. The summed E-state index contributed by atoms with van der Waals surface area (Å²) in [5.74, 6) is 1.48. The highest BCUT2D eigenvalue weighted by Gasteiger charge is 2.25. The molecule has 0 aliphatic carbocycles. The number of benzene rings is 8. The predicted molar refractivity (Wildman–Crippen MR) is 238 cm³/mol. The lowest BCUT2D eigenvalue weighted by Gasteiger charge is -2.24. The third-order valence-electron chi connectivity index (χ3n) is 11.6. The summed E-state index contributed by atoms with van der Waals surface area (Å²) in [5, 5.41) is 12.9. The third kappa shape index (κ3) is 4.95. The Morgan fingerprint density at radius 3 is 2.05 bits per heavy atom. The van der Waals surface area contributed by atoms with E-state index in [1.807, 2.05) is 36.7 Å². The van der Waals surface area contributed by atoms with Crippen molar-refractivity contribution < 1.29 is 4.42 Å². The fourth-order valence-electron chi connectivity index (χ4n) is 8.97. The van der Waals surface area contributed by atoms with Gasteiger partial charge in [0.2, 0.25) is 0 Å². The van der Waals surface area contributed by atoms with Gasteiger partial charge in [-0.1, -0.05) is 152 Å². The van der Waals surface area contributed by atoms with E-state index in [0.29, 0.717) is 5.84 Å². The maximum absolute atomic E-state index is 6.87. The van der Waals surface area contributed by atoms with Gasteiger partial charge >= 0.3 is 0 Å². The number of nitrogens with zero attached hydrogens (tertiary/aromatic N) is 4. The summed E-state index contributed by atoms with van der Waals surface area (Å²) in [6, 6.07) is 61.9. The Bertz CT molecular complexity index is 3490. The second-order valence-corrected chi connectivity index (χ2v) is 14.8. The first-order valence-electron chi connectivity index (χ1n) is 19.5. The molecule has 1 N–H and O–H groups in total. The fourth-order valence-corrected chi connectivity index (χ4v) is 8.97. The first kappa shape index (κ1) is 32.4. The molecule has 4 heterocycles. The van der Waals surface area contributed by atoms with Gasteiger partial charge in [-0.25, -0.2) is 9.98 Å². The Kier molecular flexibility index (Phi) is 7.19. The van der Waals surface area contributed by atoms with Crippen LogP contribution in [0.15, 0.2) is 203 Å². The molecular formula is C52H33N5O. The minimum atomic E-state index is -0.292. The zero-order valence-corrected chi connectivity index (χ0v) is 31.2. The first-order chi connectivity index (χ1) is 28.8. The van der Waals surface area contributed by atoms with Gasteiger partial charge in [0, 0.05) is 38.9 Å². The fraction of sp³-hybridized carbons (Fsp3) is 0.0192. The zero-order chi connectivity index (χ0) is 38.2. The highest BCUT2D eigenvalue weighted by atomic mass is 16.3. The molecule has 1 unspecified atom stereocenters. The largest absolute Gasteiger partial charge is 0.452 e. The number of furan rings is 1. The Hall–Kier alpha value is -7.83. The van der Waals surface area contributed by atoms with E-state index < -0.39 is 0 Å². The minimum absolute atomic E-state index is 0.292. The number of para-hydroxylation sites is 1. The van der Waals surface area contributed by atoms with Crippen LogP contribution in [-0.2, 0) is 0 Å². The number of pyridine rings is 1. The van der Waals surface area contributed by atoms with Crippen LogP contribution in [0.3, 0.4) is 0 Å². The molecule has 0 saturated carbocycles. The average molecular weight is 744 g/mol. The Morgan fingerprint density at radius 1 is 0.517 bits per heavy atom. The van der Waals surface area contributed by atoms with Crippen LogP contribution in [0.2, 0.25) is 0 Å². The number of amidine groups is 2. The normalized spacial score (nSPS) is 14.4. The van der Waals surface area contributed by atoms with Gasteiger partial charge in [-0.15, -0.1) is 0 Å². The van der Waals surface area contributed by atoms with E-state index in [1.54, 1.807) is 0 Å². The summed E-state index contributed by atoms with van der Waals surface area (Å²) < 4.78 is 9.23. The van der Waals surface area contributed by atoms with Crippen molar-refractivity contribution in [2.75, 3.05) is 0 Å². The number of nitrogens with one attached hydrogen (secondary N) is 1. The molecular weight excluding hydrogens is 711 g/mol. The standard InChI is InChI=1S/C52H33N5O/c1-3-14-33(15-4-1)50-54-51(34-16-5-2-6-17-34)56-52(55-50)40-25-24-38(36-19-9-10-20-37(36)40)39-26-28-45(49-48(39)42-29-30-53-31-46(42)58-49)57-43-22-12-11-21-41(43)47-35-18-8-7-13-32(35)23-27-44(47)57/h1-31,50H,(H,54,55,56). The SMILES string of the molecule is c1ccc(C2=NC(c3ccccc3)NC(c3ccc(-c4ccc(-n5c6ccccc6c6c7ccccc7ccc65)c5oc6cnccc6c45)c4ccccc34)=N2)cc1. The zero-order valence-electron chi connectivity index (χ0n) is 31.2. The Balaban J connectivity index is 1.08. The van der Waals surface area contributed by atoms with Crippen LogP contribution in [0.1, 0.15) is 22.9 Å². The summed E-state index contributed by atoms with van der Waals surface area (Å²) in [6.45, 7) is 0. The van der Waals surface area contributed by atoms with Gasteiger partial charge in [-0.3, -0.25) is 4.98 Å². The molecule has 0 bridgehead atoms. The first-order valence-corrected chi connectivity index (χ1v) is 19.5. The van der Waals surface area contributed by atoms with Gasteiger partial charge in [0.05, 0.1) is 22.9 Å². The minimum Gasteiger partial charge on any atom is -0.452 e. The monoisotopic (exact) mass is 743 g/mol. The van der Waals surface area contributed by atoms with Crippen molar-refractivity contribution in [1.29, 1.82) is 0 Å². The van der Waals surface area contributed by atoms with Crippen molar-refractivity contribution in [2.24, 2.45) is 9.98 Å². The van der Waals surface area contributed by atoms with E-state index in [4.69, 9.17) is 14.4 Å². The van der Waals surface area contributed by atoms with Crippen LogP contribution in [-0.4, -0.2) is 21.2 Å². The lowest BCUT2D eigenvalue weighted by atomic mass is 9.91. The van der Waals surface area contributed by atoms with Gasteiger partial charge in [0.15, 0.2) is 17.0 Å². The van der Waals surface area contributed by atoms with Crippen LogP contribution < -0.4 is 5.32 Å². The Labute approximate surface area is 333 Å². The molecule has 11 aromatic rings.